The number of nitrogens with two attached hydrogens (primary N) is 1. The Hall–Kier alpha value is -0.480. The standard InChI is InChI=1S/C9H8BrF2N/c10-9-6(11)1-4(2-7(9)12)5-3-8(5)13/h1-2,5,8H,3,13H2/t5-,8+/m1/s1. The van der Waals surface area contributed by atoms with Crippen LogP contribution in [0, 0.1) is 11.6 Å². The Morgan fingerprint density at radius 3 is 2.15 bits per heavy atom. The third-order valence-electron chi connectivity index (χ3n) is 2.27. The van der Waals surface area contributed by atoms with Crippen LogP contribution in [-0.4, -0.2) is 6.04 Å². The van der Waals surface area contributed by atoms with Crippen LogP contribution in [0.4, 0.5) is 8.78 Å². The average Bonchev–Trinajstić information content (AvgIpc) is 2.77. The zero-order valence-corrected chi connectivity index (χ0v) is 8.31. The highest BCUT2D eigenvalue weighted by molar-refractivity contribution is 9.10. The van der Waals surface area contributed by atoms with Gasteiger partial charge < -0.3 is 5.73 Å². The SMILES string of the molecule is N[C@H]1C[C@@H]1c1cc(F)c(Br)c(F)c1. The summed E-state index contributed by atoms with van der Waals surface area (Å²) in [6, 6.07) is 2.75. The fraction of sp³-hybridized carbons (Fsp3) is 0.333. The van der Waals surface area contributed by atoms with Crippen LogP contribution >= 0.6 is 15.9 Å². The van der Waals surface area contributed by atoms with Gasteiger partial charge >= 0.3 is 0 Å². The van der Waals surface area contributed by atoms with Gasteiger partial charge in [0, 0.05) is 12.0 Å². The number of benzene rings is 1. The number of hydrogen-bond acceptors (Lipinski definition) is 1. The lowest BCUT2D eigenvalue weighted by Gasteiger charge is -2.02. The molecule has 1 aliphatic rings. The third kappa shape index (κ3) is 1.60. The monoisotopic (exact) mass is 247 g/mol. The van der Waals surface area contributed by atoms with Crippen molar-refractivity contribution in [2.45, 2.75) is 18.4 Å². The summed E-state index contributed by atoms with van der Waals surface area (Å²) in [5.74, 6) is -0.986. The predicted octanol–water partition coefficient (Wildman–Crippen LogP) is 2.54. The molecular weight excluding hydrogens is 240 g/mol. The molecule has 2 atom stereocenters. The van der Waals surface area contributed by atoms with Gasteiger partial charge in [-0.05, 0) is 40.0 Å². The van der Waals surface area contributed by atoms with E-state index in [1.54, 1.807) is 0 Å². The Labute approximate surface area is 83.1 Å². The molecule has 1 aromatic rings. The smallest absolute Gasteiger partial charge is 0.140 e. The summed E-state index contributed by atoms with van der Waals surface area (Å²) >= 11 is 2.82. The maximum atomic E-state index is 13.0. The normalized spacial score (nSPS) is 26.2. The molecule has 1 aromatic carbocycles. The van der Waals surface area contributed by atoms with E-state index in [4.69, 9.17) is 5.73 Å². The van der Waals surface area contributed by atoms with Crippen molar-refractivity contribution >= 4 is 15.9 Å². The van der Waals surface area contributed by atoms with Crippen molar-refractivity contribution in [1.29, 1.82) is 0 Å². The largest absolute Gasteiger partial charge is 0.327 e. The Bertz CT molecular complexity index is 330. The first-order chi connectivity index (χ1) is 6.09. The van der Waals surface area contributed by atoms with Crippen LogP contribution in [0.25, 0.3) is 0 Å². The van der Waals surface area contributed by atoms with Gasteiger partial charge in [-0.25, -0.2) is 8.78 Å². The number of halogens is 3. The molecule has 2 N–H and O–H groups in total. The van der Waals surface area contributed by atoms with E-state index < -0.39 is 11.6 Å². The third-order valence-corrected chi connectivity index (χ3v) is 3.03. The van der Waals surface area contributed by atoms with Crippen molar-refractivity contribution in [2.75, 3.05) is 0 Å². The molecule has 2 rings (SSSR count). The van der Waals surface area contributed by atoms with Crippen molar-refractivity contribution in [3.8, 4) is 0 Å². The average molecular weight is 248 g/mol. The Balaban J connectivity index is 2.39. The lowest BCUT2D eigenvalue weighted by atomic mass is 10.1. The van der Waals surface area contributed by atoms with Crippen LogP contribution in [0.1, 0.15) is 17.9 Å². The van der Waals surface area contributed by atoms with E-state index >= 15 is 0 Å². The predicted molar refractivity (Wildman–Crippen MR) is 49.4 cm³/mol. The fourth-order valence-corrected chi connectivity index (χ4v) is 1.62. The van der Waals surface area contributed by atoms with Crippen LogP contribution in [0.5, 0.6) is 0 Å². The van der Waals surface area contributed by atoms with Crippen LogP contribution in [-0.2, 0) is 0 Å². The van der Waals surface area contributed by atoms with Crippen molar-refractivity contribution in [3.05, 3.63) is 33.8 Å². The summed E-state index contributed by atoms with van der Waals surface area (Å²) in [7, 11) is 0. The van der Waals surface area contributed by atoms with Gasteiger partial charge in [-0.3, -0.25) is 0 Å². The van der Waals surface area contributed by atoms with Crippen LogP contribution in [0.2, 0.25) is 0 Å². The molecule has 0 spiro atoms. The molecule has 1 nitrogen and oxygen atoms in total. The first-order valence-electron chi connectivity index (χ1n) is 3.99. The van der Waals surface area contributed by atoms with Crippen molar-refractivity contribution in [3.63, 3.8) is 0 Å². The number of hydrogen-bond donors (Lipinski definition) is 1. The summed E-state index contributed by atoms with van der Waals surface area (Å²) < 4.78 is 25.9. The van der Waals surface area contributed by atoms with E-state index in [0.717, 1.165) is 6.42 Å². The van der Waals surface area contributed by atoms with E-state index in [-0.39, 0.29) is 16.4 Å². The molecule has 0 bridgehead atoms. The molecule has 0 radical (unpaired) electrons. The molecule has 0 amide bonds. The minimum atomic E-state index is -0.561. The van der Waals surface area contributed by atoms with Crippen LogP contribution in [0.3, 0.4) is 0 Å². The summed E-state index contributed by atoms with van der Waals surface area (Å²) in [5, 5.41) is 0. The Morgan fingerprint density at radius 1 is 1.31 bits per heavy atom. The maximum Gasteiger partial charge on any atom is 0.140 e. The molecule has 0 saturated heterocycles. The zero-order valence-electron chi connectivity index (χ0n) is 6.73. The van der Waals surface area contributed by atoms with E-state index in [1.165, 1.54) is 12.1 Å². The quantitative estimate of drug-likeness (QED) is 0.759. The summed E-state index contributed by atoms with van der Waals surface area (Å²) in [4.78, 5) is 0. The van der Waals surface area contributed by atoms with Crippen LogP contribution < -0.4 is 5.73 Å². The summed E-state index contributed by atoms with van der Waals surface area (Å²) in [6.45, 7) is 0. The number of rotatable bonds is 1. The molecule has 70 valence electrons. The highest BCUT2D eigenvalue weighted by Gasteiger charge is 2.35. The van der Waals surface area contributed by atoms with Gasteiger partial charge in [0.05, 0.1) is 4.47 Å². The van der Waals surface area contributed by atoms with Crippen molar-refractivity contribution in [1.82, 2.24) is 0 Å². The second-order valence-corrected chi connectivity index (χ2v) is 4.10. The minimum Gasteiger partial charge on any atom is -0.327 e. The molecule has 0 aliphatic heterocycles. The molecule has 1 fully saturated rings. The summed E-state index contributed by atoms with van der Waals surface area (Å²) in [6.07, 6.45) is 0.820. The highest BCUT2D eigenvalue weighted by atomic mass is 79.9. The van der Waals surface area contributed by atoms with Gasteiger partial charge in [0.15, 0.2) is 0 Å². The Kier molecular flexibility index (Phi) is 2.12. The molecule has 1 aliphatic carbocycles. The molecule has 1 saturated carbocycles. The van der Waals surface area contributed by atoms with Gasteiger partial charge in [-0.1, -0.05) is 0 Å². The molecule has 4 heteroatoms. The van der Waals surface area contributed by atoms with Crippen molar-refractivity contribution in [2.24, 2.45) is 5.73 Å². The van der Waals surface area contributed by atoms with Crippen molar-refractivity contribution < 1.29 is 8.78 Å². The van der Waals surface area contributed by atoms with Gasteiger partial charge in [0.25, 0.3) is 0 Å². The van der Waals surface area contributed by atoms with Gasteiger partial charge in [0.2, 0.25) is 0 Å². The second-order valence-electron chi connectivity index (χ2n) is 3.30. The highest BCUT2D eigenvalue weighted by Crippen LogP contribution is 2.40. The van der Waals surface area contributed by atoms with Gasteiger partial charge in [0.1, 0.15) is 11.6 Å². The fourth-order valence-electron chi connectivity index (χ4n) is 1.39. The molecule has 0 heterocycles. The first kappa shape index (κ1) is 9.09. The van der Waals surface area contributed by atoms with E-state index in [1.807, 2.05) is 0 Å². The lowest BCUT2D eigenvalue weighted by molar-refractivity contribution is 0.568. The molecule has 13 heavy (non-hydrogen) atoms. The molecule has 0 unspecified atom stereocenters. The van der Waals surface area contributed by atoms with Gasteiger partial charge in [-0.15, -0.1) is 0 Å². The molecular formula is C9H8BrF2N. The van der Waals surface area contributed by atoms with Gasteiger partial charge in [-0.2, -0.15) is 0 Å². The van der Waals surface area contributed by atoms with E-state index in [9.17, 15) is 8.78 Å². The zero-order chi connectivity index (χ0) is 9.59. The summed E-state index contributed by atoms with van der Waals surface area (Å²) in [5.41, 5.74) is 6.24. The first-order valence-corrected chi connectivity index (χ1v) is 4.79. The Morgan fingerprint density at radius 2 is 1.77 bits per heavy atom. The van der Waals surface area contributed by atoms with Crippen LogP contribution in [0.15, 0.2) is 16.6 Å². The maximum absolute atomic E-state index is 13.0. The topological polar surface area (TPSA) is 26.0 Å². The lowest BCUT2D eigenvalue weighted by Crippen LogP contribution is -2.01. The van der Waals surface area contributed by atoms with E-state index in [2.05, 4.69) is 15.9 Å². The minimum absolute atomic E-state index is 0.0694. The van der Waals surface area contributed by atoms with E-state index in [0.29, 0.717) is 5.56 Å². The second kappa shape index (κ2) is 3.03. The molecule has 0 aromatic heterocycles.